The lowest BCUT2D eigenvalue weighted by molar-refractivity contribution is 0.0844. The van der Waals surface area contributed by atoms with E-state index in [0.29, 0.717) is 18.8 Å². The maximum Gasteiger partial charge on any atom is 0.178 e. The molecule has 3 nitrogen and oxygen atoms in total. The zero-order valence-electron chi connectivity index (χ0n) is 7.05. The maximum atomic E-state index is 13.6. The van der Waals surface area contributed by atoms with Crippen molar-refractivity contribution in [2.75, 3.05) is 13.1 Å². The Hall–Kier alpha value is -0.900. The van der Waals surface area contributed by atoms with Crippen LogP contribution in [0.4, 0.5) is 4.39 Å². The number of rotatable bonds is 2. The van der Waals surface area contributed by atoms with Crippen molar-refractivity contribution in [3.8, 4) is 0 Å². The number of nitrogens with one attached hydrogen (secondary N) is 1. The molecular weight excluding hydrogens is 157 g/mol. The van der Waals surface area contributed by atoms with Crippen LogP contribution in [-0.2, 0) is 12.2 Å². The van der Waals surface area contributed by atoms with Crippen LogP contribution in [0.5, 0.6) is 0 Å². The second-order valence-corrected chi connectivity index (χ2v) is 3.16. The molecule has 12 heavy (non-hydrogen) atoms. The molecule has 2 heterocycles. The van der Waals surface area contributed by atoms with Gasteiger partial charge in [-0.15, -0.1) is 0 Å². The van der Waals surface area contributed by atoms with Crippen LogP contribution in [0.2, 0.25) is 0 Å². The molecule has 2 rings (SSSR count). The predicted molar refractivity (Wildman–Crippen MR) is 43.6 cm³/mol. The molecule has 0 aliphatic carbocycles. The van der Waals surface area contributed by atoms with Crippen LogP contribution in [0.1, 0.15) is 12.6 Å². The molecule has 1 aliphatic heterocycles. The molecule has 66 valence electrons. The third kappa shape index (κ3) is 1.03. The third-order valence-corrected chi connectivity index (χ3v) is 2.27. The number of aromatic nitrogens is 2. The Labute approximate surface area is 70.6 Å². The van der Waals surface area contributed by atoms with E-state index >= 15 is 0 Å². The van der Waals surface area contributed by atoms with E-state index in [1.165, 1.54) is 0 Å². The number of alkyl halides is 1. The highest BCUT2D eigenvalue weighted by molar-refractivity contribution is 5.15. The maximum absolute atomic E-state index is 13.6. The first kappa shape index (κ1) is 7.73. The first-order valence-electron chi connectivity index (χ1n) is 4.16. The number of hydrogen-bond donors (Lipinski definition) is 1. The Morgan fingerprint density at radius 3 is 2.92 bits per heavy atom. The minimum absolute atomic E-state index is 0.397. The molecule has 0 spiro atoms. The second kappa shape index (κ2) is 2.55. The minimum atomic E-state index is -1.21. The molecule has 1 aromatic rings. The average molecular weight is 169 g/mol. The van der Waals surface area contributed by atoms with E-state index in [9.17, 15) is 4.39 Å². The van der Waals surface area contributed by atoms with Gasteiger partial charge in [0.2, 0.25) is 0 Å². The van der Waals surface area contributed by atoms with Gasteiger partial charge in [0.1, 0.15) is 0 Å². The summed E-state index contributed by atoms with van der Waals surface area (Å²) in [7, 11) is 0. The van der Waals surface area contributed by atoms with Gasteiger partial charge in [-0.05, 0) is 6.92 Å². The summed E-state index contributed by atoms with van der Waals surface area (Å²) in [6.45, 7) is 3.65. The van der Waals surface area contributed by atoms with Gasteiger partial charge in [-0.25, -0.2) is 9.37 Å². The largest absolute Gasteiger partial charge is 0.337 e. The van der Waals surface area contributed by atoms with E-state index in [0.717, 1.165) is 6.54 Å². The van der Waals surface area contributed by atoms with Gasteiger partial charge in [0.15, 0.2) is 5.67 Å². The van der Waals surface area contributed by atoms with Crippen LogP contribution < -0.4 is 5.32 Å². The Morgan fingerprint density at radius 2 is 2.50 bits per heavy atom. The van der Waals surface area contributed by atoms with Crippen LogP contribution in [0.3, 0.4) is 0 Å². The van der Waals surface area contributed by atoms with Crippen molar-refractivity contribution >= 4 is 0 Å². The highest BCUT2D eigenvalue weighted by Gasteiger charge is 2.40. The van der Waals surface area contributed by atoms with Gasteiger partial charge in [0.05, 0.1) is 12.0 Å². The fourth-order valence-electron chi connectivity index (χ4n) is 1.29. The molecule has 0 unspecified atom stereocenters. The van der Waals surface area contributed by atoms with Crippen molar-refractivity contribution in [3.05, 3.63) is 18.2 Å². The quantitative estimate of drug-likeness (QED) is 0.705. The van der Waals surface area contributed by atoms with E-state index in [-0.39, 0.29) is 0 Å². The normalized spacial score (nSPS) is 20.5. The monoisotopic (exact) mass is 169 g/mol. The summed E-state index contributed by atoms with van der Waals surface area (Å²) in [4.78, 5) is 4.03. The summed E-state index contributed by atoms with van der Waals surface area (Å²) in [6, 6.07) is 0. The molecule has 1 aliphatic rings. The standard InChI is InChI=1S/C8H12FN3/c1-2-12-3-7(11-6-12)8(9)4-10-5-8/h3,6,10H,2,4-5H2,1H3. The Morgan fingerprint density at radius 1 is 1.75 bits per heavy atom. The van der Waals surface area contributed by atoms with E-state index in [1.54, 1.807) is 12.5 Å². The van der Waals surface area contributed by atoms with E-state index in [2.05, 4.69) is 10.3 Å². The topological polar surface area (TPSA) is 29.9 Å². The summed E-state index contributed by atoms with van der Waals surface area (Å²) in [5.74, 6) is 0. The smallest absolute Gasteiger partial charge is 0.178 e. The van der Waals surface area contributed by atoms with Gasteiger partial charge in [-0.2, -0.15) is 0 Å². The number of nitrogens with zero attached hydrogens (tertiary/aromatic N) is 2. The van der Waals surface area contributed by atoms with Crippen LogP contribution in [-0.4, -0.2) is 22.6 Å². The van der Waals surface area contributed by atoms with Gasteiger partial charge in [-0.3, -0.25) is 0 Å². The fourth-order valence-corrected chi connectivity index (χ4v) is 1.29. The van der Waals surface area contributed by atoms with Crippen molar-refractivity contribution in [2.24, 2.45) is 0 Å². The number of aryl methyl sites for hydroxylation is 1. The minimum Gasteiger partial charge on any atom is -0.337 e. The van der Waals surface area contributed by atoms with Crippen molar-refractivity contribution in [1.29, 1.82) is 0 Å². The first-order valence-corrected chi connectivity index (χ1v) is 4.16. The Bertz CT molecular complexity index is 278. The molecule has 0 radical (unpaired) electrons. The van der Waals surface area contributed by atoms with Crippen molar-refractivity contribution in [1.82, 2.24) is 14.9 Å². The number of imidazole rings is 1. The van der Waals surface area contributed by atoms with Gasteiger partial charge in [-0.1, -0.05) is 0 Å². The molecule has 0 atom stereocenters. The highest BCUT2D eigenvalue weighted by atomic mass is 19.1. The third-order valence-electron chi connectivity index (χ3n) is 2.27. The first-order chi connectivity index (χ1) is 5.74. The van der Waals surface area contributed by atoms with Crippen LogP contribution >= 0.6 is 0 Å². The predicted octanol–water partition coefficient (Wildman–Crippen LogP) is 0.671. The van der Waals surface area contributed by atoms with E-state index in [1.807, 2.05) is 11.5 Å². The summed E-state index contributed by atoms with van der Waals surface area (Å²) in [6.07, 6.45) is 3.45. The van der Waals surface area contributed by atoms with Gasteiger partial charge >= 0.3 is 0 Å². The lowest BCUT2D eigenvalue weighted by Crippen LogP contribution is -2.53. The number of halogens is 1. The molecular formula is C8H12FN3. The molecule has 1 N–H and O–H groups in total. The zero-order valence-corrected chi connectivity index (χ0v) is 7.05. The fraction of sp³-hybridized carbons (Fsp3) is 0.625. The SMILES string of the molecule is CCn1cnc(C2(F)CNC2)c1. The van der Waals surface area contributed by atoms with Crippen molar-refractivity contribution < 1.29 is 4.39 Å². The molecule has 0 bridgehead atoms. The van der Waals surface area contributed by atoms with Crippen LogP contribution in [0.25, 0.3) is 0 Å². The lowest BCUT2D eigenvalue weighted by atomic mass is 9.96. The summed E-state index contributed by atoms with van der Waals surface area (Å²) in [5, 5.41) is 2.90. The molecule has 0 saturated carbocycles. The summed E-state index contributed by atoms with van der Waals surface area (Å²) < 4.78 is 15.5. The zero-order chi connectivity index (χ0) is 8.60. The molecule has 0 aromatic carbocycles. The second-order valence-electron chi connectivity index (χ2n) is 3.16. The molecule has 0 amide bonds. The summed E-state index contributed by atoms with van der Waals surface area (Å²) in [5.41, 5.74) is -0.649. The molecule has 4 heteroatoms. The van der Waals surface area contributed by atoms with Gasteiger partial charge < -0.3 is 9.88 Å². The van der Waals surface area contributed by atoms with Gasteiger partial charge in [0.25, 0.3) is 0 Å². The lowest BCUT2D eigenvalue weighted by Gasteiger charge is -2.33. The average Bonchev–Trinajstić information content (AvgIpc) is 2.48. The highest BCUT2D eigenvalue weighted by Crippen LogP contribution is 2.28. The Kier molecular flexibility index (Phi) is 1.65. The van der Waals surface area contributed by atoms with Crippen molar-refractivity contribution in [2.45, 2.75) is 19.1 Å². The van der Waals surface area contributed by atoms with Crippen LogP contribution in [0, 0.1) is 0 Å². The summed E-state index contributed by atoms with van der Waals surface area (Å²) >= 11 is 0. The van der Waals surface area contributed by atoms with E-state index in [4.69, 9.17) is 0 Å². The molecule has 1 saturated heterocycles. The number of hydrogen-bond acceptors (Lipinski definition) is 2. The molecule has 1 fully saturated rings. The van der Waals surface area contributed by atoms with Crippen molar-refractivity contribution in [3.63, 3.8) is 0 Å². The van der Waals surface area contributed by atoms with E-state index < -0.39 is 5.67 Å². The van der Waals surface area contributed by atoms with Gasteiger partial charge in [0, 0.05) is 25.8 Å². The van der Waals surface area contributed by atoms with Crippen LogP contribution in [0.15, 0.2) is 12.5 Å². The Balaban J connectivity index is 2.22. The molecule has 1 aromatic heterocycles.